The van der Waals surface area contributed by atoms with Crippen molar-refractivity contribution >= 4 is 34.2 Å². The zero-order chi connectivity index (χ0) is 17.3. The van der Waals surface area contributed by atoms with Crippen molar-refractivity contribution in [1.82, 2.24) is 14.1 Å². The van der Waals surface area contributed by atoms with Crippen molar-refractivity contribution in [3.8, 4) is 0 Å². The maximum absolute atomic E-state index is 12.6. The first-order valence-electron chi connectivity index (χ1n) is 7.24. The summed E-state index contributed by atoms with van der Waals surface area (Å²) in [5.41, 5.74) is 0.417. The van der Waals surface area contributed by atoms with E-state index in [0.717, 1.165) is 10.1 Å². The lowest BCUT2D eigenvalue weighted by molar-refractivity contribution is -0.115. The number of nitrogens with zero attached hydrogens (tertiary/aromatic N) is 3. The third kappa shape index (κ3) is 3.01. The number of anilines is 1. The van der Waals surface area contributed by atoms with E-state index in [2.05, 4.69) is 10.3 Å². The van der Waals surface area contributed by atoms with Gasteiger partial charge in [-0.15, -0.1) is 11.6 Å². The summed E-state index contributed by atoms with van der Waals surface area (Å²) in [6.07, 6.45) is 1.72. The predicted octanol–water partition coefficient (Wildman–Crippen LogP) is 1.32. The molecule has 0 fully saturated rings. The second-order valence-corrected chi connectivity index (χ2v) is 6.01. The summed E-state index contributed by atoms with van der Waals surface area (Å²) >= 11 is 5.60. The fraction of sp³-hybridized carbons (Fsp3) is 0.467. The van der Waals surface area contributed by atoms with Crippen LogP contribution in [0.15, 0.2) is 15.8 Å². The van der Waals surface area contributed by atoms with E-state index < -0.39 is 11.2 Å². The molecule has 0 radical (unpaired) electrons. The number of carbonyl (C=O) groups is 1. The lowest BCUT2D eigenvalue weighted by Crippen LogP contribution is -2.38. The quantitative estimate of drug-likeness (QED) is 0.852. The standard InChI is InChI=1S/C15H19ClN4O3/c1-8(2)9-7-17-13-11(12(9)18-10(21)5-6-16)14(22)20(4)15(23)19(13)3/h7-8H,5-6H2,1-4H3,(H,17,18,21). The van der Waals surface area contributed by atoms with Crippen LogP contribution in [0.5, 0.6) is 0 Å². The first-order valence-corrected chi connectivity index (χ1v) is 7.77. The van der Waals surface area contributed by atoms with Crippen LogP contribution >= 0.6 is 11.6 Å². The van der Waals surface area contributed by atoms with Gasteiger partial charge in [-0.05, 0) is 11.5 Å². The fourth-order valence-electron chi connectivity index (χ4n) is 2.40. The van der Waals surface area contributed by atoms with E-state index in [1.807, 2.05) is 13.8 Å². The molecule has 0 aliphatic carbocycles. The highest BCUT2D eigenvalue weighted by molar-refractivity contribution is 6.19. The smallest absolute Gasteiger partial charge is 0.325 e. The van der Waals surface area contributed by atoms with E-state index in [1.54, 1.807) is 6.20 Å². The average Bonchev–Trinajstić information content (AvgIpc) is 2.50. The third-order valence-electron chi connectivity index (χ3n) is 3.71. The van der Waals surface area contributed by atoms with Crippen LogP contribution in [-0.2, 0) is 18.9 Å². The van der Waals surface area contributed by atoms with Crippen LogP contribution in [0.25, 0.3) is 11.0 Å². The third-order valence-corrected chi connectivity index (χ3v) is 3.90. The highest BCUT2D eigenvalue weighted by Gasteiger charge is 2.20. The van der Waals surface area contributed by atoms with Gasteiger partial charge < -0.3 is 5.32 Å². The van der Waals surface area contributed by atoms with E-state index in [9.17, 15) is 14.4 Å². The van der Waals surface area contributed by atoms with Crippen molar-refractivity contribution in [2.24, 2.45) is 14.1 Å². The molecule has 1 amide bonds. The SMILES string of the molecule is CC(C)c1cnc2c(c1NC(=O)CCCl)c(=O)n(C)c(=O)n2C. The Morgan fingerprint density at radius 2 is 1.96 bits per heavy atom. The number of rotatable bonds is 4. The lowest BCUT2D eigenvalue weighted by Gasteiger charge is -2.17. The summed E-state index contributed by atoms with van der Waals surface area (Å²) in [6, 6.07) is 0. The largest absolute Gasteiger partial charge is 0.332 e. The van der Waals surface area contributed by atoms with Crippen LogP contribution in [0.1, 0.15) is 31.7 Å². The van der Waals surface area contributed by atoms with Crippen molar-refractivity contribution in [3.63, 3.8) is 0 Å². The Bertz CT molecular complexity index is 883. The van der Waals surface area contributed by atoms with Crippen LogP contribution in [0, 0.1) is 0 Å². The minimum absolute atomic E-state index is 0.0418. The molecule has 0 unspecified atom stereocenters. The summed E-state index contributed by atoms with van der Waals surface area (Å²) in [5, 5.41) is 2.98. The molecule has 124 valence electrons. The Hall–Kier alpha value is -2.15. The Balaban J connectivity index is 2.89. The summed E-state index contributed by atoms with van der Waals surface area (Å²) in [6.45, 7) is 3.87. The first kappa shape index (κ1) is 17.2. The molecule has 0 aromatic carbocycles. The summed E-state index contributed by atoms with van der Waals surface area (Å²) in [5.74, 6) is -0.0621. The van der Waals surface area contributed by atoms with Crippen molar-refractivity contribution in [2.75, 3.05) is 11.2 Å². The van der Waals surface area contributed by atoms with Gasteiger partial charge in [0.15, 0.2) is 5.65 Å². The van der Waals surface area contributed by atoms with Gasteiger partial charge in [0.25, 0.3) is 5.56 Å². The number of halogens is 1. The average molecular weight is 339 g/mol. The molecule has 7 nitrogen and oxygen atoms in total. The maximum atomic E-state index is 12.6. The number of carbonyl (C=O) groups excluding carboxylic acids is 1. The van der Waals surface area contributed by atoms with Crippen molar-refractivity contribution < 1.29 is 4.79 Å². The summed E-state index contributed by atoms with van der Waals surface area (Å²) in [7, 11) is 2.94. The fourth-order valence-corrected chi connectivity index (χ4v) is 2.57. The first-order chi connectivity index (χ1) is 10.8. The van der Waals surface area contributed by atoms with Crippen LogP contribution in [0.2, 0.25) is 0 Å². The van der Waals surface area contributed by atoms with Gasteiger partial charge in [-0.3, -0.25) is 18.7 Å². The molecular weight excluding hydrogens is 320 g/mol. The summed E-state index contributed by atoms with van der Waals surface area (Å²) in [4.78, 5) is 40.8. The molecule has 2 rings (SSSR count). The molecule has 0 spiro atoms. The van der Waals surface area contributed by atoms with Gasteiger partial charge >= 0.3 is 5.69 Å². The zero-order valence-corrected chi connectivity index (χ0v) is 14.3. The highest BCUT2D eigenvalue weighted by Crippen LogP contribution is 2.28. The number of pyridine rings is 1. The van der Waals surface area contributed by atoms with Crippen LogP contribution in [0.3, 0.4) is 0 Å². The zero-order valence-electron chi connectivity index (χ0n) is 13.5. The predicted molar refractivity (Wildman–Crippen MR) is 90.3 cm³/mol. The van der Waals surface area contributed by atoms with Gasteiger partial charge in [-0.2, -0.15) is 0 Å². The molecule has 0 aliphatic heterocycles. The Morgan fingerprint density at radius 3 is 2.52 bits per heavy atom. The van der Waals surface area contributed by atoms with Gasteiger partial charge in [-0.25, -0.2) is 9.78 Å². The van der Waals surface area contributed by atoms with E-state index in [4.69, 9.17) is 11.6 Å². The number of hydrogen-bond acceptors (Lipinski definition) is 4. The molecule has 0 atom stereocenters. The van der Waals surface area contributed by atoms with Crippen molar-refractivity contribution in [1.29, 1.82) is 0 Å². The molecule has 2 heterocycles. The molecule has 2 aromatic rings. The molecule has 1 N–H and O–H groups in total. The molecule has 0 saturated carbocycles. The van der Waals surface area contributed by atoms with Gasteiger partial charge in [-0.1, -0.05) is 13.8 Å². The second-order valence-electron chi connectivity index (χ2n) is 5.63. The Morgan fingerprint density at radius 1 is 1.30 bits per heavy atom. The van der Waals surface area contributed by atoms with E-state index in [-0.39, 0.29) is 35.2 Å². The van der Waals surface area contributed by atoms with Gasteiger partial charge in [0.1, 0.15) is 5.39 Å². The molecule has 0 aliphatic rings. The number of alkyl halides is 1. The monoisotopic (exact) mass is 338 g/mol. The van der Waals surface area contributed by atoms with Crippen LogP contribution in [0.4, 0.5) is 5.69 Å². The van der Waals surface area contributed by atoms with Gasteiger partial charge in [0.05, 0.1) is 5.69 Å². The van der Waals surface area contributed by atoms with E-state index in [0.29, 0.717) is 5.69 Å². The number of aryl methyl sites for hydroxylation is 1. The van der Waals surface area contributed by atoms with Crippen molar-refractivity contribution in [3.05, 3.63) is 32.6 Å². The number of amides is 1. The minimum Gasteiger partial charge on any atom is -0.325 e. The Kier molecular flexibility index (Phi) is 4.89. The molecule has 0 saturated heterocycles. The van der Waals surface area contributed by atoms with Crippen LogP contribution < -0.4 is 16.6 Å². The molecule has 23 heavy (non-hydrogen) atoms. The van der Waals surface area contributed by atoms with Gasteiger partial charge in [0.2, 0.25) is 5.91 Å². The molecule has 8 heteroatoms. The summed E-state index contributed by atoms with van der Waals surface area (Å²) < 4.78 is 2.30. The van der Waals surface area contributed by atoms with E-state index >= 15 is 0 Å². The van der Waals surface area contributed by atoms with Crippen molar-refractivity contribution in [2.45, 2.75) is 26.2 Å². The Labute approximate surface area is 137 Å². The molecule has 0 bridgehead atoms. The number of aromatic nitrogens is 3. The molecule has 2 aromatic heterocycles. The molecular formula is C15H19ClN4O3. The number of fused-ring (bicyclic) bond motifs is 1. The normalized spacial score (nSPS) is 11.2. The minimum atomic E-state index is -0.487. The van der Waals surface area contributed by atoms with E-state index in [1.165, 1.54) is 18.7 Å². The second kappa shape index (κ2) is 6.54. The lowest BCUT2D eigenvalue weighted by atomic mass is 10.0. The maximum Gasteiger partial charge on any atom is 0.332 e. The topological polar surface area (TPSA) is 86.0 Å². The number of hydrogen-bond donors (Lipinski definition) is 1. The highest BCUT2D eigenvalue weighted by atomic mass is 35.5. The van der Waals surface area contributed by atoms with Crippen LogP contribution in [-0.4, -0.2) is 25.9 Å². The number of nitrogens with one attached hydrogen (secondary N) is 1. The van der Waals surface area contributed by atoms with Gasteiger partial charge in [0, 0.05) is 32.6 Å².